The van der Waals surface area contributed by atoms with E-state index in [1.165, 1.54) is 12.8 Å². The van der Waals surface area contributed by atoms with Crippen LogP contribution in [-0.2, 0) is 0 Å². The number of phenolic OH excluding ortho intramolecular Hbond substituents is 1. The Morgan fingerprint density at radius 3 is 2.56 bits per heavy atom. The normalized spacial score (nSPS) is 20.9. The Hall–Kier alpha value is -1.01. The zero-order valence-electron chi connectivity index (χ0n) is 9.67. The minimum atomic E-state index is 0. The third-order valence-electron chi connectivity index (χ3n) is 2.68. The summed E-state index contributed by atoms with van der Waals surface area (Å²) in [5.41, 5.74) is 5.02. The third-order valence-corrected chi connectivity index (χ3v) is 3.57. The molecule has 3 rings (SSSR count). The molecule has 0 spiro atoms. The number of amidine groups is 1. The minimum absolute atomic E-state index is 0. The number of nitrogens with one attached hydrogen (secondary N) is 1. The second-order valence-corrected chi connectivity index (χ2v) is 5.14. The minimum Gasteiger partial charge on any atom is -0.508 e. The molecule has 1 aliphatic heterocycles. The van der Waals surface area contributed by atoms with Gasteiger partial charge in [-0.15, -0.1) is 17.0 Å². The van der Waals surface area contributed by atoms with Gasteiger partial charge in [0.15, 0.2) is 5.17 Å². The van der Waals surface area contributed by atoms with Crippen molar-refractivity contribution in [3.63, 3.8) is 0 Å². The van der Waals surface area contributed by atoms with Crippen LogP contribution >= 0.6 is 28.7 Å². The van der Waals surface area contributed by atoms with Gasteiger partial charge in [0.1, 0.15) is 5.75 Å². The number of aromatic hydroxyl groups is 1. The first-order valence-corrected chi connectivity index (χ1v) is 6.62. The van der Waals surface area contributed by atoms with E-state index in [2.05, 4.69) is 15.5 Å². The van der Waals surface area contributed by atoms with Gasteiger partial charge in [0.25, 0.3) is 0 Å². The molecular weight excluding hydrogens is 314 g/mol. The molecule has 4 nitrogen and oxygen atoms in total. The first-order valence-electron chi connectivity index (χ1n) is 5.64. The molecule has 96 valence electrons. The average molecular weight is 328 g/mol. The number of phenols is 1. The largest absolute Gasteiger partial charge is 0.508 e. The maximum absolute atomic E-state index is 9.22. The Morgan fingerprint density at radius 1 is 1.28 bits per heavy atom. The molecule has 1 saturated carbocycles. The molecule has 6 heteroatoms. The monoisotopic (exact) mass is 327 g/mol. The average Bonchev–Trinajstić information content (AvgIpc) is 3.15. The second-order valence-electron chi connectivity index (χ2n) is 4.17. The molecule has 1 heterocycles. The first kappa shape index (κ1) is 13.4. The summed E-state index contributed by atoms with van der Waals surface area (Å²) in [4.78, 5) is 4.51. The number of thioether (sulfide) groups is 1. The SMILES string of the molecule is Br.Oc1ccc(C2=NNC(=NC3CC3)SC2)cc1. The molecule has 1 aliphatic carbocycles. The lowest BCUT2D eigenvalue weighted by Gasteiger charge is -2.14. The van der Waals surface area contributed by atoms with Crippen molar-refractivity contribution < 1.29 is 5.11 Å². The van der Waals surface area contributed by atoms with Crippen molar-refractivity contribution in [2.45, 2.75) is 18.9 Å². The number of hydrogen-bond donors (Lipinski definition) is 2. The van der Waals surface area contributed by atoms with E-state index < -0.39 is 0 Å². The number of nitrogens with zero attached hydrogens (tertiary/aromatic N) is 2. The lowest BCUT2D eigenvalue weighted by atomic mass is 10.1. The van der Waals surface area contributed by atoms with E-state index in [1.54, 1.807) is 23.9 Å². The summed E-state index contributed by atoms with van der Waals surface area (Å²) >= 11 is 1.68. The predicted molar refractivity (Wildman–Crippen MR) is 81.0 cm³/mol. The van der Waals surface area contributed by atoms with Crippen LogP contribution in [0.15, 0.2) is 34.4 Å². The van der Waals surface area contributed by atoms with Gasteiger partial charge in [-0.05, 0) is 42.7 Å². The molecule has 0 atom stereocenters. The third kappa shape index (κ3) is 3.26. The van der Waals surface area contributed by atoms with Crippen molar-refractivity contribution in [3.05, 3.63) is 29.8 Å². The van der Waals surface area contributed by atoms with Crippen LogP contribution in [-0.4, -0.2) is 27.8 Å². The number of benzene rings is 1. The molecule has 1 aromatic rings. The lowest BCUT2D eigenvalue weighted by Crippen LogP contribution is -2.25. The molecule has 1 aromatic carbocycles. The van der Waals surface area contributed by atoms with Crippen LogP contribution in [0.5, 0.6) is 5.75 Å². The highest BCUT2D eigenvalue weighted by Crippen LogP contribution is 2.25. The standard InChI is InChI=1S/C12H13N3OS.BrH/c16-10-5-1-8(2-6-10)11-7-17-12(15-14-11)13-9-3-4-9;/h1-2,5-6,9,16H,3-4,7H2,(H,13,15);1H. The van der Waals surface area contributed by atoms with E-state index in [4.69, 9.17) is 0 Å². The summed E-state index contributed by atoms with van der Waals surface area (Å²) in [6, 6.07) is 7.63. The molecule has 18 heavy (non-hydrogen) atoms. The summed E-state index contributed by atoms with van der Waals surface area (Å²) in [6.07, 6.45) is 2.42. The lowest BCUT2D eigenvalue weighted by molar-refractivity contribution is 0.475. The molecule has 2 N–H and O–H groups in total. The van der Waals surface area contributed by atoms with E-state index in [-0.39, 0.29) is 22.7 Å². The van der Waals surface area contributed by atoms with Gasteiger partial charge in [-0.25, -0.2) is 0 Å². The molecule has 0 amide bonds. The number of hydrogen-bond acceptors (Lipinski definition) is 4. The van der Waals surface area contributed by atoms with Gasteiger partial charge in [0.2, 0.25) is 0 Å². The van der Waals surface area contributed by atoms with Crippen LogP contribution in [0.2, 0.25) is 0 Å². The fraction of sp³-hybridized carbons (Fsp3) is 0.333. The first-order chi connectivity index (χ1) is 8.31. The quantitative estimate of drug-likeness (QED) is 0.877. The Bertz CT molecular complexity index is 483. The van der Waals surface area contributed by atoms with E-state index in [0.717, 1.165) is 22.2 Å². The fourth-order valence-corrected chi connectivity index (χ4v) is 2.39. The summed E-state index contributed by atoms with van der Waals surface area (Å²) < 4.78 is 0. The Labute approximate surface area is 120 Å². The second kappa shape index (κ2) is 5.75. The van der Waals surface area contributed by atoms with Crippen molar-refractivity contribution in [1.82, 2.24) is 5.43 Å². The summed E-state index contributed by atoms with van der Waals surface area (Å²) in [6.45, 7) is 0. The molecule has 0 aromatic heterocycles. The van der Waals surface area contributed by atoms with Gasteiger partial charge >= 0.3 is 0 Å². The molecule has 0 radical (unpaired) electrons. The maximum Gasteiger partial charge on any atom is 0.177 e. The van der Waals surface area contributed by atoms with Crippen LogP contribution in [0.1, 0.15) is 18.4 Å². The van der Waals surface area contributed by atoms with E-state index >= 15 is 0 Å². The number of rotatable bonds is 2. The Kier molecular flexibility index (Phi) is 4.29. The van der Waals surface area contributed by atoms with Crippen LogP contribution < -0.4 is 5.43 Å². The van der Waals surface area contributed by atoms with Gasteiger partial charge in [0.05, 0.1) is 11.8 Å². The van der Waals surface area contributed by atoms with Crippen molar-refractivity contribution >= 4 is 39.6 Å². The van der Waals surface area contributed by atoms with Crippen molar-refractivity contribution in [1.29, 1.82) is 0 Å². The predicted octanol–water partition coefficient (Wildman–Crippen LogP) is 2.53. The zero-order chi connectivity index (χ0) is 11.7. The number of aliphatic imine (C=N–C) groups is 1. The van der Waals surface area contributed by atoms with Gasteiger partial charge < -0.3 is 5.11 Å². The number of halogens is 1. The van der Waals surface area contributed by atoms with Crippen molar-refractivity contribution in [2.24, 2.45) is 10.1 Å². The molecule has 2 aliphatic rings. The molecule has 0 bridgehead atoms. The van der Waals surface area contributed by atoms with Gasteiger partial charge in [0, 0.05) is 5.75 Å². The van der Waals surface area contributed by atoms with Crippen molar-refractivity contribution in [3.8, 4) is 5.75 Å². The van der Waals surface area contributed by atoms with Gasteiger partial charge in [-0.1, -0.05) is 11.8 Å². The highest BCUT2D eigenvalue weighted by Gasteiger charge is 2.22. The summed E-state index contributed by atoms with van der Waals surface area (Å²) in [5.74, 6) is 1.10. The van der Waals surface area contributed by atoms with Crippen LogP contribution in [0, 0.1) is 0 Å². The van der Waals surface area contributed by atoms with Gasteiger partial charge in [-0.2, -0.15) is 5.10 Å². The van der Waals surface area contributed by atoms with Crippen LogP contribution in [0.3, 0.4) is 0 Å². The summed E-state index contributed by atoms with van der Waals surface area (Å²) in [7, 11) is 0. The van der Waals surface area contributed by atoms with Crippen LogP contribution in [0.25, 0.3) is 0 Å². The highest BCUT2D eigenvalue weighted by atomic mass is 79.9. The van der Waals surface area contributed by atoms with Crippen LogP contribution in [0.4, 0.5) is 0 Å². The highest BCUT2D eigenvalue weighted by molar-refractivity contribution is 8.93. The van der Waals surface area contributed by atoms with E-state index in [9.17, 15) is 5.11 Å². The maximum atomic E-state index is 9.22. The number of hydrazone groups is 1. The zero-order valence-corrected chi connectivity index (χ0v) is 12.2. The topological polar surface area (TPSA) is 57.0 Å². The fourth-order valence-electron chi connectivity index (χ4n) is 1.55. The van der Waals surface area contributed by atoms with Gasteiger partial charge in [-0.3, -0.25) is 10.4 Å². The van der Waals surface area contributed by atoms with Crippen molar-refractivity contribution in [2.75, 3.05) is 5.75 Å². The van der Waals surface area contributed by atoms with E-state index in [1.807, 2.05) is 12.1 Å². The van der Waals surface area contributed by atoms with E-state index in [0.29, 0.717) is 6.04 Å². The summed E-state index contributed by atoms with van der Waals surface area (Å²) in [5, 5.41) is 14.5. The Morgan fingerprint density at radius 2 is 2.00 bits per heavy atom. The molecule has 0 saturated heterocycles. The molecule has 0 unspecified atom stereocenters. The smallest absolute Gasteiger partial charge is 0.177 e. The Balaban J connectivity index is 0.00000120. The molecular formula is C12H14BrN3OS. The molecule has 1 fully saturated rings.